The van der Waals surface area contributed by atoms with Gasteiger partial charge in [-0.15, -0.1) is 0 Å². The minimum absolute atomic E-state index is 0.0452. The van der Waals surface area contributed by atoms with E-state index in [1.807, 2.05) is 0 Å². The topological polar surface area (TPSA) is 43.8 Å². The third-order valence-corrected chi connectivity index (χ3v) is 8.68. The highest BCUT2D eigenvalue weighted by Crippen LogP contribution is 2.56. The van der Waals surface area contributed by atoms with Crippen LogP contribution >= 0.6 is 0 Å². The molecule has 27 heavy (non-hydrogen) atoms. The average molecular weight is 369 g/mol. The van der Waals surface area contributed by atoms with E-state index in [0.29, 0.717) is 0 Å². The van der Waals surface area contributed by atoms with Crippen molar-refractivity contribution in [2.75, 3.05) is 6.54 Å². The normalized spacial score (nSPS) is 39.3. The first-order valence-corrected chi connectivity index (χ1v) is 10.7. The van der Waals surface area contributed by atoms with Crippen LogP contribution in [-0.2, 0) is 11.8 Å². The number of aliphatic hydroxyl groups excluding tert-OH is 1. The number of urea groups is 1. The Kier molecular flexibility index (Phi) is 3.72. The Balaban J connectivity index is 1.49. The smallest absolute Gasteiger partial charge is 0.320 e. The van der Waals surface area contributed by atoms with Gasteiger partial charge in [-0.2, -0.15) is 0 Å². The van der Waals surface area contributed by atoms with E-state index in [-0.39, 0.29) is 41.1 Å². The molecule has 1 aromatic rings. The lowest BCUT2D eigenvalue weighted by atomic mass is 9.51. The van der Waals surface area contributed by atoms with E-state index in [9.17, 15) is 9.90 Å². The molecule has 3 saturated heterocycles. The van der Waals surface area contributed by atoms with Crippen LogP contribution in [0.25, 0.3) is 0 Å². The molecule has 4 heteroatoms. The van der Waals surface area contributed by atoms with Gasteiger partial charge in [0.05, 0.1) is 6.10 Å². The summed E-state index contributed by atoms with van der Waals surface area (Å²) in [4.78, 5) is 18.0. The van der Waals surface area contributed by atoms with E-state index in [2.05, 4.69) is 54.8 Å². The second-order valence-electron chi connectivity index (χ2n) is 10.1. The molecule has 4 bridgehead atoms. The number of fused-ring (bicyclic) bond motifs is 6. The van der Waals surface area contributed by atoms with Crippen molar-refractivity contribution in [2.24, 2.45) is 5.41 Å². The lowest BCUT2D eigenvalue weighted by molar-refractivity contribution is -0.0335. The molecule has 2 amide bonds. The van der Waals surface area contributed by atoms with Crippen molar-refractivity contribution in [1.29, 1.82) is 0 Å². The predicted octanol–water partition coefficient (Wildman–Crippen LogP) is 3.71. The number of piperidine rings is 2. The number of rotatable bonds is 0. The molecular formula is C23H32N2O2. The van der Waals surface area contributed by atoms with Crippen LogP contribution in [0, 0.1) is 5.41 Å². The summed E-state index contributed by atoms with van der Waals surface area (Å²) in [5, 5.41) is 10.1. The molecule has 4 nitrogen and oxygen atoms in total. The molecule has 3 heterocycles. The van der Waals surface area contributed by atoms with Crippen LogP contribution in [0.4, 0.5) is 4.79 Å². The number of aliphatic hydroxyl groups is 1. The molecule has 0 unspecified atom stereocenters. The summed E-state index contributed by atoms with van der Waals surface area (Å²) >= 11 is 0. The van der Waals surface area contributed by atoms with Crippen LogP contribution in [0.2, 0.25) is 0 Å². The summed E-state index contributed by atoms with van der Waals surface area (Å²) in [6.45, 7) is 7.97. The maximum atomic E-state index is 13.7. The molecule has 1 aliphatic carbocycles. The fourth-order valence-electron chi connectivity index (χ4n) is 6.71. The van der Waals surface area contributed by atoms with Gasteiger partial charge in [0.1, 0.15) is 0 Å². The van der Waals surface area contributed by atoms with Crippen molar-refractivity contribution in [2.45, 2.75) is 88.9 Å². The number of nitrogens with zero attached hydrogens (tertiary/aromatic N) is 2. The van der Waals surface area contributed by atoms with Crippen LogP contribution < -0.4 is 0 Å². The zero-order chi connectivity index (χ0) is 19.0. The van der Waals surface area contributed by atoms with Gasteiger partial charge in [0, 0.05) is 30.1 Å². The molecule has 1 N–H and O–H groups in total. The van der Waals surface area contributed by atoms with Gasteiger partial charge in [-0.1, -0.05) is 45.0 Å². The first-order valence-electron chi connectivity index (χ1n) is 10.7. The largest absolute Gasteiger partial charge is 0.393 e. The molecule has 3 aliphatic heterocycles. The standard InChI is InChI=1S/C23H32N2O2/c1-22(2)20-12-15-6-4-5-7-19(15)23(22,3)10-11-24(20)21(27)25-16-8-9-17(25)14-18(26)13-16/h4-7,16-18,20,26H,8-14H2,1-3H3/t16-,17+,18+,20-,23+/m1/s1. The van der Waals surface area contributed by atoms with Crippen LogP contribution in [0.15, 0.2) is 24.3 Å². The maximum absolute atomic E-state index is 13.7. The second-order valence-corrected chi connectivity index (χ2v) is 10.1. The van der Waals surface area contributed by atoms with Crippen molar-refractivity contribution in [3.05, 3.63) is 35.4 Å². The van der Waals surface area contributed by atoms with Crippen LogP contribution in [0.5, 0.6) is 0 Å². The summed E-state index contributed by atoms with van der Waals surface area (Å²) in [5.74, 6) is 0. The summed E-state index contributed by atoms with van der Waals surface area (Å²) in [5.41, 5.74) is 3.06. The molecule has 146 valence electrons. The van der Waals surface area contributed by atoms with E-state index >= 15 is 0 Å². The van der Waals surface area contributed by atoms with Gasteiger partial charge in [-0.25, -0.2) is 4.79 Å². The molecule has 5 atom stereocenters. The Labute approximate surface area is 162 Å². The molecular weight excluding hydrogens is 336 g/mol. The number of amides is 2. The second kappa shape index (κ2) is 5.73. The lowest BCUT2D eigenvalue weighted by Gasteiger charge is -2.61. The molecule has 3 fully saturated rings. The molecule has 5 rings (SSSR count). The number of likely N-dealkylation sites (tertiary alicyclic amines) is 1. The van der Waals surface area contributed by atoms with Gasteiger partial charge < -0.3 is 14.9 Å². The van der Waals surface area contributed by atoms with Gasteiger partial charge in [-0.05, 0) is 55.1 Å². The molecule has 0 saturated carbocycles. The van der Waals surface area contributed by atoms with Gasteiger partial charge in [0.25, 0.3) is 0 Å². The highest BCUT2D eigenvalue weighted by atomic mass is 16.3. The third kappa shape index (κ3) is 2.28. The first-order chi connectivity index (χ1) is 12.8. The van der Waals surface area contributed by atoms with E-state index < -0.39 is 0 Å². The van der Waals surface area contributed by atoms with Gasteiger partial charge >= 0.3 is 6.03 Å². The third-order valence-electron chi connectivity index (χ3n) is 8.68. The van der Waals surface area contributed by atoms with E-state index in [0.717, 1.165) is 45.1 Å². The number of hydrogen-bond acceptors (Lipinski definition) is 2. The molecule has 0 spiro atoms. The van der Waals surface area contributed by atoms with Crippen LogP contribution in [0.1, 0.15) is 64.0 Å². The summed E-state index contributed by atoms with van der Waals surface area (Å²) in [6, 6.07) is 9.79. The van der Waals surface area contributed by atoms with Crippen LogP contribution in [0.3, 0.4) is 0 Å². The van der Waals surface area contributed by atoms with Crippen LogP contribution in [-0.4, -0.2) is 51.7 Å². The number of carbonyl (C=O) groups excluding carboxylic acids is 1. The monoisotopic (exact) mass is 368 g/mol. The predicted molar refractivity (Wildman–Crippen MR) is 106 cm³/mol. The van der Waals surface area contributed by atoms with Gasteiger partial charge in [0.15, 0.2) is 0 Å². The maximum Gasteiger partial charge on any atom is 0.320 e. The summed E-state index contributed by atoms with van der Waals surface area (Å²) in [7, 11) is 0. The molecule has 0 aromatic heterocycles. The van der Waals surface area contributed by atoms with Crippen molar-refractivity contribution >= 4 is 6.03 Å². The Morgan fingerprint density at radius 3 is 2.48 bits per heavy atom. The highest BCUT2D eigenvalue weighted by molar-refractivity contribution is 5.77. The average Bonchev–Trinajstić information content (AvgIpc) is 2.89. The minimum atomic E-state index is -0.228. The highest BCUT2D eigenvalue weighted by Gasteiger charge is 2.58. The van der Waals surface area contributed by atoms with Gasteiger partial charge in [0.2, 0.25) is 0 Å². The summed E-state index contributed by atoms with van der Waals surface area (Å²) in [6.07, 6.45) is 5.36. The Morgan fingerprint density at radius 1 is 1.11 bits per heavy atom. The SMILES string of the molecule is CC1(C)[C@H]2Cc3ccccc3[C@]1(C)CCN2C(=O)N1[C@@H]2CC[C@H]1C[C@@H](O)C2. The van der Waals surface area contributed by atoms with Crippen molar-refractivity contribution in [1.82, 2.24) is 9.80 Å². The van der Waals surface area contributed by atoms with Gasteiger partial charge in [-0.3, -0.25) is 0 Å². The van der Waals surface area contributed by atoms with E-state index in [4.69, 9.17) is 0 Å². The fourth-order valence-corrected chi connectivity index (χ4v) is 6.71. The van der Waals surface area contributed by atoms with E-state index in [1.54, 1.807) is 0 Å². The molecule has 0 radical (unpaired) electrons. The lowest BCUT2D eigenvalue weighted by Crippen LogP contribution is -2.67. The number of carbonyl (C=O) groups is 1. The van der Waals surface area contributed by atoms with Crippen molar-refractivity contribution in [3.63, 3.8) is 0 Å². The van der Waals surface area contributed by atoms with Crippen molar-refractivity contribution < 1.29 is 9.90 Å². The molecule has 4 aliphatic rings. The number of hydrogen-bond donors (Lipinski definition) is 1. The zero-order valence-corrected chi connectivity index (χ0v) is 16.8. The Bertz CT molecular complexity index is 761. The zero-order valence-electron chi connectivity index (χ0n) is 16.8. The van der Waals surface area contributed by atoms with E-state index in [1.165, 1.54) is 11.1 Å². The first kappa shape index (κ1) is 17.5. The van der Waals surface area contributed by atoms with Crippen molar-refractivity contribution in [3.8, 4) is 0 Å². The number of benzene rings is 1. The fraction of sp³-hybridized carbons (Fsp3) is 0.696. The Hall–Kier alpha value is -1.55. The quantitative estimate of drug-likeness (QED) is 0.759. The summed E-state index contributed by atoms with van der Waals surface area (Å²) < 4.78 is 0. The Morgan fingerprint density at radius 2 is 1.78 bits per heavy atom. The molecule has 1 aromatic carbocycles. The minimum Gasteiger partial charge on any atom is -0.393 e.